The number of carbonyl (C=O) groups is 1. The van der Waals surface area contributed by atoms with Crippen LogP contribution in [-0.2, 0) is 17.8 Å². The highest BCUT2D eigenvalue weighted by atomic mass is 16.2. The Morgan fingerprint density at radius 2 is 2.17 bits per heavy atom. The molecule has 0 fully saturated rings. The second kappa shape index (κ2) is 4.36. The van der Waals surface area contributed by atoms with Gasteiger partial charge >= 0.3 is 0 Å². The molecule has 0 saturated carbocycles. The molecule has 6 nitrogen and oxygen atoms in total. The molecule has 1 aromatic rings. The summed E-state index contributed by atoms with van der Waals surface area (Å²) < 4.78 is 0. The van der Waals surface area contributed by atoms with E-state index in [-0.39, 0.29) is 17.4 Å². The zero-order chi connectivity index (χ0) is 13.3. The van der Waals surface area contributed by atoms with Gasteiger partial charge in [0.2, 0.25) is 11.9 Å². The van der Waals surface area contributed by atoms with Gasteiger partial charge in [-0.25, -0.2) is 4.98 Å². The molecule has 0 aliphatic carbocycles. The van der Waals surface area contributed by atoms with Crippen LogP contribution in [-0.4, -0.2) is 22.1 Å². The Balaban J connectivity index is 2.30. The standard InChI is InChI=1S/C12H16N4O2/c1-12(2,3)10(18)16-11-14-8-6-13-5-4-7(8)9(17)15-11/h5H,4,6H2,1-3H3,(H2,14,15,16,17,18). The summed E-state index contributed by atoms with van der Waals surface area (Å²) in [4.78, 5) is 34.5. The lowest BCUT2D eigenvalue weighted by atomic mass is 9.96. The lowest BCUT2D eigenvalue weighted by molar-refractivity contribution is -0.123. The third-order valence-corrected chi connectivity index (χ3v) is 2.68. The minimum atomic E-state index is -0.535. The number of rotatable bonds is 1. The Bertz CT molecular complexity index is 566. The lowest BCUT2D eigenvalue weighted by Crippen LogP contribution is -2.31. The maximum Gasteiger partial charge on any atom is 0.256 e. The summed E-state index contributed by atoms with van der Waals surface area (Å²) in [6.45, 7) is 5.77. The summed E-state index contributed by atoms with van der Waals surface area (Å²) in [5.74, 6) is 0.000635. The molecule has 2 N–H and O–H groups in total. The molecule has 2 heterocycles. The van der Waals surface area contributed by atoms with Gasteiger partial charge < -0.3 is 0 Å². The van der Waals surface area contributed by atoms with Crippen molar-refractivity contribution in [2.75, 3.05) is 5.32 Å². The zero-order valence-corrected chi connectivity index (χ0v) is 10.7. The van der Waals surface area contributed by atoms with Crippen LogP contribution in [0.25, 0.3) is 0 Å². The highest BCUT2D eigenvalue weighted by Gasteiger charge is 2.22. The van der Waals surface area contributed by atoms with Crippen molar-refractivity contribution in [2.24, 2.45) is 10.4 Å². The van der Waals surface area contributed by atoms with E-state index in [2.05, 4.69) is 20.3 Å². The van der Waals surface area contributed by atoms with Crippen molar-refractivity contribution in [3.63, 3.8) is 0 Å². The third kappa shape index (κ3) is 2.47. The molecule has 1 aliphatic heterocycles. The summed E-state index contributed by atoms with van der Waals surface area (Å²) in [6.07, 6.45) is 2.19. The van der Waals surface area contributed by atoms with Crippen molar-refractivity contribution in [3.8, 4) is 0 Å². The van der Waals surface area contributed by atoms with Gasteiger partial charge in [0, 0.05) is 23.6 Å². The number of hydrogen-bond donors (Lipinski definition) is 2. The largest absolute Gasteiger partial charge is 0.296 e. The van der Waals surface area contributed by atoms with Crippen LogP contribution in [0.3, 0.4) is 0 Å². The normalized spacial score (nSPS) is 14.2. The summed E-state index contributed by atoms with van der Waals surface area (Å²) in [5, 5.41) is 2.62. The average molecular weight is 248 g/mol. The number of aromatic nitrogens is 2. The van der Waals surface area contributed by atoms with E-state index < -0.39 is 5.41 Å². The minimum Gasteiger partial charge on any atom is -0.296 e. The number of nitrogens with zero attached hydrogens (tertiary/aromatic N) is 2. The van der Waals surface area contributed by atoms with Crippen LogP contribution in [0.4, 0.5) is 5.95 Å². The summed E-state index contributed by atoms with van der Waals surface area (Å²) >= 11 is 0. The van der Waals surface area contributed by atoms with Gasteiger partial charge in [-0.05, 0) is 0 Å². The van der Waals surface area contributed by atoms with E-state index in [9.17, 15) is 9.59 Å². The Morgan fingerprint density at radius 1 is 1.44 bits per heavy atom. The second-order valence-electron chi connectivity index (χ2n) is 5.27. The fourth-order valence-electron chi connectivity index (χ4n) is 1.55. The van der Waals surface area contributed by atoms with Crippen LogP contribution in [0.2, 0.25) is 0 Å². The highest BCUT2D eigenvalue weighted by molar-refractivity contribution is 5.93. The van der Waals surface area contributed by atoms with E-state index in [1.54, 1.807) is 27.0 Å². The molecule has 0 aromatic carbocycles. The number of H-pyrrole nitrogens is 1. The van der Waals surface area contributed by atoms with Crippen LogP contribution >= 0.6 is 0 Å². The van der Waals surface area contributed by atoms with E-state index in [1.807, 2.05) is 0 Å². The summed E-state index contributed by atoms with van der Waals surface area (Å²) in [7, 11) is 0. The van der Waals surface area contributed by atoms with Crippen molar-refractivity contribution >= 4 is 18.1 Å². The number of aliphatic imine (C=N–C) groups is 1. The molecule has 1 aromatic heterocycles. The van der Waals surface area contributed by atoms with Crippen molar-refractivity contribution in [1.29, 1.82) is 0 Å². The average Bonchev–Trinajstić information content (AvgIpc) is 2.27. The molecular formula is C12H16N4O2. The van der Waals surface area contributed by atoms with Gasteiger partial charge in [-0.3, -0.25) is 24.9 Å². The predicted molar refractivity (Wildman–Crippen MR) is 68.8 cm³/mol. The molecule has 6 heteroatoms. The van der Waals surface area contributed by atoms with E-state index in [1.165, 1.54) is 0 Å². The first-order valence-electron chi connectivity index (χ1n) is 5.80. The quantitative estimate of drug-likeness (QED) is 0.773. The number of amides is 1. The maximum absolute atomic E-state index is 11.8. The van der Waals surface area contributed by atoms with Crippen LogP contribution < -0.4 is 10.9 Å². The number of carbonyl (C=O) groups excluding carboxylic acids is 1. The van der Waals surface area contributed by atoms with E-state index in [4.69, 9.17) is 0 Å². The van der Waals surface area contributed by atoms with Crippen LogP contribution in [0.1, 0.15) is 32.0 Å². The van der Waals surface area contributed by atoms with Gasteiger partial charge in [0.15, 0.2) is 0 Å². The molecule has 1 aliphatic rings. The third-order valence-electron chi connectivity index (χ3n) is 2.68. The fourth-order valence-corrected chi connectivity index (χ4v) is 1.55. The molecule has 0 atom stereocenters. The topological polar surface area (TPSA) is 87.2 Å². The molecule has 18 heavy (non-hydrogen) atoms. The maximum atomic E-state index is 11.8. The second-order valence-corrected chi connectivity index (χ2v) is 5.27. The number of nitrogens with one attached hydrogen (secondary N) is 2. The smallest absolute Gasteiger partial charge is 0.256 e. The molecule has 0 spiro atoms. The first-order valence-corrected chi connectivity index (χ1v) is 5.80. The van der Waals surface area contributed by atoms with E-state index in [0.29, 0.717) is 24.2 Å². The monoisotopic (exact) mass is 248 g/mol. The lowest BCUT2D eigenvalue weighted by Gasteiger charge is -2.17. The van der Waals surface area contributed by atoms with Gasteiger partial charge in [-0.2, -0.15) is 0 Å². The predicted octanol–water partition coefficient (Wildman–Crippen LogP) is 0.881. The SMILES string of the molecule is CC(C)(C)C(=O)Nc1nc2c(c(=O)[nH]1)CC=NC2. The summed E-state index contributed by atoms with van der Waals surface area (Å²) in [6, 6.07) is 0. The van der Waals surface area contributed by atoms with Gasteiger partial charge in [-0.1, -0.05) is 20.8 Å². The van der Waals surface area contributed by atoms with Gasteiger partial charge in [0.1, 0.15) is 0 Å². The molecule has 2 rings (SSSR count). The Kier molecular flexibility index (Phi) is 3.02. The van der Waals surface area contributed by atoms with E-state index in [0.717, 1.165) is 0 Å². The molecule has 96 valence electrons. The molecule has 0 unspecified atom stereocenters. The fraction of sp³-hybridized carbons (Fsp3) is 0.500. The molecule has 0 bridgehead atoms. The number of fused-ring (bicyclic) bond motifs is 1. The first-order chi connectivity index (χ1) is 8.38. The molecular weight excluding hydrogens is 232 g/mol. The molecule has 1 amide bonds. The van der Waals surface area contributed by atoms with Gasteiger partial charge in [-0.15, -0.1) is 0 Å². The molecule has 0 radical (unpaired) electrons. The first kappa shape index (κ1) is 12.5. The number of hydrogen-bond acceptors (Lipinski definition) is 4. The Hall–Kier alpha value is -1.98. The van der Waals surface area contributed by atoms with Crippen LogP contribution in [0.5, 0.6) is 0 Å². The van der Waals surface area contributed by atoms with Gasteiger partial charge in [0.05, 0.1) is 12.2 Å². The van der Waals surface area contributed by atoms with E-state index >= 15 is 0 Å². The minimum absolute atomic E-state index is 0.190. The van der Waals surface area contributed by atoms with Crippen LogP contribution in [0, 0.1) is 5.41 Å². The summed E-state index contributed by atoms with van der Waals surface area (Å²) in [5.41, 5.74) is 0.506. The van der Waals surface area contributed by atoms with Crippen molar-refractivity contribution in [1.82, 2.24) is 9.97 Å². The van der Waals surface area contributed by atoms with Crippen molar-refractivity contribution < 1.29 is 4.79 Å². The number of aromatic amines is 1. The Morgan fingerprint density at radius 3 is 2.83 bits per heavy atom. The Labute approximate surface area is 105 Å². The van der Waals surface area contributed by atoms with Crippen molar-refractivity contribution in [3.05, 3.63) is 21.6 Å². The highest BCUT2D eigenvalue weighted by Crippen LogP contribution is 2.16. The number of anilines is 1. The zero-order valence-electron chi connectivity index (χ0n) is 10.7. The van der Waals surface area contributed by atoms with Crippen LogP contribution in [0.15, 0.2) is 9.79 Å². The molecule has 0 saturated heterocycles. The van der Waals surface area contributed by atoms with Gasteiger partial charge in [0.25, 0.3) is 5.56 Å². The van der Waals surface area contributed by atoms with Crippen molar-refractivity contribution in [2.45, 2.75) is 33.7 Å².